The number of hydrogen-bond donors (Lipinski definition) is 4. The number of nitrogens with zero attached hydrogens (tertiary/aromatic N) is 1. The first-order valence-electron chi connectivity index (χ1n) is 11.2. The van der Waals surface area contributed by atoms with Crippen molar-refractivity contribution >= 4 is 40.0 Å². The fourth-order valence-corrected chi connectivity index (χ4v) is 3.77. The Morgan fingerprint density at radius 3 is 2.36 bits per heavy atom. The molecule has 2 heterocycles. The van der Waals surface area contributed by atoms with Crippen molar-refractivity contribution in [2.24, 2.45) is 0 Å². The molecule has 4 N–H and O–H groups in total. The summed E-state index contributed by atoms with van der Waals surface area (Å²) in [4.78, 5) is 24.4. The molecule has 0 saturated heterocycles. The summed E-state index contributed by atoms with van der Waals surface area (Å²) in [6.45, 7) is 0. The second-order valence-corrected chi connectivity index (χ2v) is 8.20. The van der Waals surface area contributed by atoms with Crippen LogP contribution in [0.25, 0.3) is 22.0 Å². The van der Waals surface area contributed by atoms with Gasteiger partial charge in [-0.05, 0) is 54.1 Å². The van der Waals surface area contributed by atoms with Crippen molar-refractivity contribution in [3.63, 3.8) is 0 Å². The molecule has 0 radical (unpaired) electrons. The van der Waals surface area contributed by atoms with Crippen LogP contribution in [-0.4, -0.2) is 22.1 Å². The van der Waals surface area contributed by atoms with Crippen LogP contribution in [0.3, 0.4) is 0 Å². The molecule has 198 valence electrons. The first kappa shape index (κ1) is 25.4. The molecule has 0 spiro atoms. The Bertz CT molecular complexity index is 1680. The second kappa shape index (κ2) is 9.93. The summed E-state index contributed by atoms with van der Waals surface area (Å²) in [5.74, 6) is -2.06. The smallest absolute Gasteiger partial charge is 0.416 e. The Labute approximate surface area is 215 Å². The van der Waals surface area contributed by atoms with Crippen LogP contribution < -0.4 is 16.0 Å². The third-order valence-corrected chi connectivity index (χ3v) is 5.65. The average molecular weight is 541 g/mol. The largest absolute Gasteiger partial charge is 0.459 e. The quantitative estimate of drug-likeness (QED) is 0.179. The molecule has 39 heavy (non-hydrogen) atoms. The Kier molecular flexibility index (Phi) is 6.48. The summed E-state index contributed by atoms with van der Waals surface area (Å²) in [7, 11) is 0. The van der Waals surface area contributed by atoms with E-state index in [9.17, 15) is 27.2 Å². The number of carbonyl (C=O) groups is 2. The Morgan fingerprint density at radius 2 is 1.67 bits per heavy atom. The fourth-order valence-electron chi connectivity index (χ4n) is 3.77. The molecule has 0 unspecified atom stereocenters. The number of urea groups is 1. The van der Waals surface area contributed by atoms with Crippen molar-refractivity contribution in [3.8, 4) is 11.1 Å². The molecule has 0 aliphatic heterocycles. The number of furan rings is 1. The normalized spacial score (nSPS) is 11.4. The summed E-state index contributed by atoms with van der Waals surface area (Å²) >= 11 is 0. The van der Waals surface area contributed by atoms with Crippen LogP contribution >= 0.6 is 0 Å². The van der Waals surface area contributed by atoms with Gasteiger partial charge in [-0.2, -0.15) is 18.3 Å². The molecular formula is C26H16F5N5O3. The van der Waals surface area contributed by atoms with Crippen LogP contribution in [0.2, 0.25) is 0 Å². The van der Waals surface area contributed by atoms with Gasteiger partial charge < -0.3 is 20.4 Å². The van der Waals surface area contributed by atoms with Gasteiger partial charge in [0.2, 0.25) is 0 Å². The van der Waals surface area contributed by atoms with E-state index >= 15 is 4.39 Å². The molecule has 3 amide bonds. The van der Waals surface area contributed by atoms with Crippen LogP contribution in [-0.2, 0) is 6.18 Å². The van der Waals surface area contributed by atoms with Gasteiger partial charge >= 0.3 is 12.2 Å². The van der Waals surface area contributed by atoms with Gasteiger partial charge in [0.05, 0.1) is 17.5 Å². The zero-order valence-electron chi connectivity index (χ0n) is 19.5. The summed E-state index contributed by atoms with van der Waals surface area (Å²) in [6.07, 6.45) is -3.37. The van der Waals surface area contributed by atoms with Gasteiger partial charge in [0.1, 0.15) is 11.3 Å². The number of fused-ring (bicyclic) bond motifs is 1. The number of amides is 3. The highest BCUT2D eigenvalue weighted by Crippen LogP contribution is 2.33. The van der Waals surface area contributed by atoms with Crippen LogP contribution in [0.5, 0.6) is 0 Å². The van der Waals surface area contributed by atoms with E-state index in [2.05, 4.69) is 20.8 Å². The number of alkyl halides is 3. The number of aromatic nitrogens is 2. The SMILES string of the molecule is O=C(Nc1ccc(-c2ccc3c(NC(=O)c4ccco4)n[nH]c3c2F)cc1)Nc1cc(C(F)(F)F)ccc1F. The monoisotopic (exact) mass is 541 g/mol. The topological polar surface area (TPSA) is 112 Å². The van der Waals surface area contributed by atoms with E-state index in [1.807, 2.05) is 5.32 Å². The van der Waals surface area contributed by atoms with E-state index in [1.54, 1.807) is 12.1 Å². The Morgan fingerprint density at radius 1 is 0.897 bits per heavy atom. The van der Waals surface area contributed by atoms with E-state index in [0.717, 1.165) is 0 Å². The van der Waals surface area contributed by atoms with Gasteiger partial charge in [0.15, 0.2) is 17.4 Å². The third kappa shape index (κ3) is 5.28. The van der Waals surface area contributed by atoms with Crippen LogP contribution in [0.1, 0.15) is 16.1 Å². The lowest BCUT2D eigenvalue weighted by atomic mass is 10.0. The number of nitrogens with one attached hydrogen (secondary N) is 4. The zero-order valence-corrected chi connectivity index (χ0v) is 19.5. The molecule has 0 aliphatic rings. The summed E-state index contributed by atoms with van der Waals surface area (Å²) in [5, 5.41) is 13.8. The molecule has 8 nitrogen and oxygen atoms in total. The molecular weight excluding hydrogens is 525 g/mol. The minimum Gasteiger partial charge on any atom is -0.459 e. The number of carbonyl (C=O) groups excluding carboxylic acids is 2. The maximum atomic E-state index is 15.3. The van der Waals surface area contributed by atoms with Gasteiger partial charge in [-0.1, -0.05) is 18.2 Å². The van der Waals surface area contributed by atoms with E-state index in [0.29, 0.717) is 29.1 Å². The third-order valence-electron chi connectivity index (χ3n) is 5.65. The van der Waals surface area contributed by atoms with Gasteiger partial charge in [-0.15, -0.1) is 0 Å². The van der Waals surface area contributed by atoms with Crippen molar-refractivity contribution in [1.29, 1.82) is 0 Å². The molecule has 0 aliphatic carbocycles. The minimum atomic E-state index is -4.71. The van der Waals surface area contributed by atoms with Gasteiger partial charge in [-0.3, -0.25) is 9.89 Å². The van der Waals surface area contributed by atoms with Gasteiger partial charge in [0.25, 0.3) is 5.91 Å². The van der Waals surface area contributed by atoms with Crippen LogP contribution in [0, 0.1) is 11.6 Å². The standard InChI is InChI=1S/C26H16F5N5O3/c27-18-10-5-14(26(29,30)31)12-19(18)33-25(38)32-15-6-3-13(4-7-15)16-8-9-17-22(21(16)28)35-36-23(17)34-24(37)20-2-1-11-39-20/h1-12H,(H2,32,33,38)(H2,34,35,36,37). The molecule has 5 rings (SSSR count). The highest BCUT2D eigenvalue weighted by Gasteiger charge is 2.31. The summed E-state index contributed by atoms with van der Waals surface area (Å²) < 4.78 is 72.8. The van der Waals surface area contributed by atoms with Crippen molar-refractivity contribution in [3.05, 3.63) is 96.0 Å². The Balaban J connectivity index is 1.30. The summed E-state index contributed by atoms with van der Waals surface area (Å²) in [5.41, 5.74) is -0.876. The van der Waals surface area contributed by atoms with E-state index in [1.165, 1.54) is 42.7 Å². The number of anilines is 3. The lowest BCUT2D eigenvalue weighted by Crippen LogP contribution is -2.20. The first-order valence-corrected chi connectivity index (χ1v) is 11.2. The van der Waals surface area contributed by atoms with E-state index in [4.69, 9.17) is 4.42 Å². The predicted octanol–water partition coefficient (Wildman–Crippen LogP) is 7.02. The van der Waals surface area contributed by atoms with Crippen LogP contribution in [0.15, 0.2) is 77.4 Å². The number of rotatable bonds is 5. The lowest BCUT2D eigenvalue weighted by molar-refractivity contribution is -0.137. The molecule has 5 aromatic rings. The number of hydrogen-bond acceptors (Lipinski definition) is 4. The van der Waals surface area contributed by atoms with Crippen molar-refractivity contribution in [2.45, 2.75) is 6.18 Å². The number of benzene rings is 3. The molecule has 0 saturated carbocycles. The van der Waals surface area contributed by atoms with Gasteiger partial charge in [-0.25, -0.2) is 13.6 Å². The zero-order chi connectivity index (χ0) is 27.7. The Hall–Kier alpha value is -5.20. The van der Waals surface area contributed by atoms with Gasteiger partial charge in [0, 0.05) is 16.6 Å². The molecule has 13 heteroatoms. The average Bonchev–Trinajstić information content (AvgIpc) is 3.57. The maximum Gasteiger partial charge on any atom is 0.416 e. The second-order valence-electron chi connectivity index (χ2n) is 8.20. The predicted molar refractivity (Wildman–Crippen MR) is 132 cm³/mol. The lowest BCUT2D eigenvalue weighted by Gasteiger charge is -2.12. The molecule has 0 atom stereocenters. The molecule has 2 aromatic heterocycles. The summed E-state index contributed by atoms with van der Waals surface area (Å²) in [6, 6.07) is 12.6. The number of halogens is 5. The maximum absolute atomic E-state index is 15.3. The molecule has 3 aromatic carbocycles. The van der Waals surface area contributed by atoms with E-state index < -0.39 is 41.0 Å². The van der Waals surface area contributed by atoms with E-state index in [-0.39, 0.29) is 28.3 Å². The van der Waals surface area contributed by atoms with Crippen molar-refractivity contribution < 1.29 is 36.0 Å². The number of aromatic amines is 1. The highest BCUT2D eigenvalue weighted by molar-refractivity contribution is 6.07. The molecule has 0 bridgehead atoms. The van der Waals surface area contributed by atoms with Crippen molar-refractivity contribution in [1.82, 2.24) is 10.2 Å². The number of H-pyrrole nitrogens is 1. The van der Waals surface area contributed by atoms with Crippen molar-refractivity contribution in [2.75, 3.05) is 16.0 Å². The highest BCUT2D eigenvalue weighted by atomic mass is 19.4. The fraction of sp³-hybridized carbons (Fsp3) is 0.0385. The van der Waals surface area contributed by atoms with Crippen LogP contribution in [0.4, 0.5) is 43.9 Å². The molecule has 0 fully saturated rings. The first-order chi connectivity index (χ1) is 18.6. The minimum absolute atomic E-state index is 0.0481.